The smallest absolute Gasteiger partial charge is 0.154 e. The van der Waals surface area contributed by atoms with Crippen molar-refractivity contribution in [1.29, 1.82) is 0 Å². The first-order valence-corrected chi connectivity index (χ1v) is 9.06. The Morgan fingerprint density at radius 1 is 1.17 bits per heavy atom. The Balaban J connectivity index is 2.05. The first-order valence-electron chi connectivity index (χ1n) is 7.34. The van der Waals surface area contributed by atoms with E-state index in [1.54, 1.807) is 27.0 Å². The van der Waals surface area contributed by atoms with Crippen LogP contribution in [-0.4, -0.2) is 43.0 Å². The third-order valence-electron chi connectivity index (χ3n) is 3.46. The van der Waals surface area contributed by atoms with Crippen LogP contribution < -0.4 is 10.1 Å². The first kappa shape index (κ1) is 17.2. The Kier molecular flexibility index (Phi) is 5.54. The monoisotopic (exact) mass is 335 g/mol. The topological polar surface area (TPSA) is 81.2 Å². The Morgan fingerprint density at radius 2 is 1.87 bits per heavy atom. The number of ether oxygens (including phenoxy) is 1. The molecule has 1 heterocycles. The van der Waals surface area contributed by atoms with Gasteiger partial charge in [0.1, 0.15) is 17.9 Å². The number of nitrogens with zero attached hydrogens (tertiary/aromatic N) is 2. The van der Waals surface area contributed by atoms with Crippen LogP contribution in [0.2, 0.25) is 0 Å². The molecule has 0 aliphatic heterocycles. The lowest BCUT2D eigenvalue weighted by Crippen LogP contribution is -2.23. The lowest BCUT2D eigenvalue weighted by atomic mass is 10.1. The van der Waals surface area contributed by atoms with Crippen LogP contribution in [0.5, 0.6) is 5.75 Å². The van der Waals surface area contributed by atoms with E-state index < -0.39 is 9.84 Å². The maximum Gasteiger partial charge on any atom is 0.154 e. The number of benzene rings is 1. The van der Waals surface area contributed by atoms with Crippen LogP contribution in [0.15, 0.2) is 36.7 Å². The fourth-order valence-corrected chi connectivity index (χ4v) is 2.79. The number of nitrogens with one attached hydrogen (secondary N) is 1. The fraction of sp³-hybridized carbons (Fsp3) is 0.375. The van der Waals surface area contributed by atoms with Crippen molar-refractivity contribution in [2.75, 3.05) is 24.7 Å². The molecule has 0 saturated carbocycles. The SMILES string of the molecule is COc1ccc(-c2cc(NCCS(=O)(=O)C(C)C)ncn2)cc1. The highest BCUT2D eigenvalue weighted by atomic mass is 32.2. The molecule has 124 valence electrons. The van der Waals surface area contributed by atoms with Gasteiger partial charge in [-0.1, -0.05) is 0 Å². The minimum atomic E-state index is -3.06. The molecule has 6 nitrogen and oxygen atoms in total. The summed E-state index contributed by atoms with van der Waals surface area (Å²) in [6, 6.07) is 9.34. The van der Waals surface area contributed by atoms with Gasteiger partial charge in [0, 0.05) is 18.2 Å². The number of rotatable bonds is 7. The van der Waals surface area contributed by atoms with E-state index in [9.17, 15) is 8.42 Å². The highest BCUT2D eigenvalue weighted by Crippen LogP contribution is 2.21. The molecule has 0 amide bonds. The lowest BCUT2D eigenvalue weighted by Gasteiger charge is -2.10. The third-order valence-corrected chi connectivity index (χ3v) is 5.67. The molecular formula is C16H21N3O3S. The normalized spacial score (nSPS) is 11.5. The molecule has 2 rings (SSSR count). The highest BCUT2D eigenvalue weighted by Gasteiger charge is 2.15. The third kappa shape index (κ3) is 4.66. The maximum absolute atomic E-state index is 11.8. The van der Waals surface area contributed by atoms with Crippen molar-refractivity contribution in [3.63, 3.8) is 0 Å². The second-order valence-electron chi connectivity index (χ2n) is 5.36. The summed E-state index contributed by atoms with van der Waals surface area (Å²) in [6.07, 6.45) is 1.46. The van der Waals surface area contributed by atoms with Crippen molar-refractivity contribution in [2.45, 2.75) is 19.1 Å². The van der Waals surface area contributed by atoms with E-state index in [1.807, 2.05) is 24.3 Å². The maximum atomic E-state index is 11.8. The molecule has 1 aromatic carbocycles. The van der Waals surface area contributed by atoms with E-state index in [4.69, 9.17) is 4.74 Å². The Bertz CT molecular complexity index is 743. The second-order valence-corrected chi connectivity index (χ2v) is 8.04. The molecule has 0 radical (unpaired) electrons. The van der Waals surface area contributed by atoms with Crippen LogP contribution in [0.25, 0.3) is 11.3 Å². The van der Waals surface area contributed by atoms with Crippen molar-refractivity contribution in [1.82, 2.24) is 9.97 Å². The van der Waals surface area contributed by atoms with Crippen molar-refractivity contribution in [3.8, 4) is 17.0 Å². The number of hydrogen-bond acceptors (Lipinski definition) is 6. The van der Waals surface area contributed by atoms with Crippen LogP contribution in [0.4, 0.5) is 5.82 Å². The minimum absolute atomic E-state index is 0.0759. The van der Waals surface area contributed by atoms with Crippen LogP contribution in [0, 0.1) is 0 Å². The first-order chi connectivity index (χ1) is 10.9. The van der Waals surface area contributed by atoms with Crippen molar-refractivity contribution in [3.05, 3.63) is 36.7 Å². The van der Waals surface area contributed by atoms with Crippen LogP contribution in [0.1, 0.15) is 13.8 Å². The molecule has 2 aromatic rings. The number of anilines is 1. The average molecular weight is 335 g/mol. The molecule has 7 heteroatoms. The standard InChI is InChI=1S/C16H21N3O3S/c1-12(2)23(20,21)9-8-17-16-10-15(18-11-19-16)13-4-6-14(22-3)7-5-13/h4-7,10-12H,8-9H2,1-3H3,(H,17,18,19). The van der Waals surface area contributed by atoms with E-state index in [0.29, 0.717) is 12.4 Å². The van der Waals surface area contributed by atoms with Crippen LogP contribution in [0.3, 0.4) is 0 Å². The predicted octanol–water partition coefficient (Wildman–Crippen LogP) is 2.39. The van der Waals surface area contributed by atoms with Crippen molar-refractivity contribution in [2.24, 2.45) is 0 Å². The highest BCUT2D eigenvalue weighted by molar-refractivity contribution is 7.92. The number of methoxy groups -OCH3 is 1. The summed E-state index contributed by atoms with van der Waals surface area (Å²) in [5.74, 6) is 1.46. The van der Waals surface area contributed by atoms with Crippen molar-refractivity contribution < 1.29 is 13.2 Å². The van der Waals surface area contributed by atoms with Gasteiger partial charge in [-0.3, -0.25) is 0 Å². The van der Waals surface area contributed by atoms with Gasteiger partial charge in [0.15, 0.2) is 9.84 Å². The number of aromatic nitrogens is 2. The fourth-order valence-electron chi connectivity index (χ4n) is 1.93. The summed E-state index contributed by atoms with van der Waals surface area (Å²) in [6.45, 7) is 3.68. The number of hydrogen-bond donors (Lipinski definition) is 1. The van der Waals surface area contributed by atoms with Gasteiger partial charge in [-0.2, -0.15) is 0 Å². The lowest BCUT2D eigenvalue weighted by molar-refractivity contribution is 0.415. The molecule has 1 N–H and O–H groups in total. The largest absolute Gasteiger partial charge is 0.497 e. The van der Waals surface area contributed by atoms with E-state index >= 15 is 0 Å². The van der Waals surface area contributed by atoms with Gasteiger partial charge < -0.3 is 10.1 Å². The Labute approximate surface area is 136 Å². The van der Waals surface area contributed by atoms with Gasteiger partial charge in [0.2, 0.25) is 0 Å². The molecule has 0 saturated heterocycles. The zero-order chi connectivity index (χ0) is 16.9. The minimum Gasteiger partial charge on any atom is -0.497 e. The summed E-state index contributed by atoms with van der Waals surface area (Å²) in [5, 5.41) is 2.66. The van der Waals surface area contributed by atoms with Gasteiger partial charge in [-0.05, 0) is 38.1 Å². The number of sulfone groups is 1. The summed E-state index contributed by atoms with van der Waals surface area (Å²) in [4.78, 5) is 8.36. The molecule has 0 unspecified atom stereocenters. The van der Waals surface area contributed by atoms with E-state index in [2.05, 4.69) is 15.3 Å². The molecule has 0 aliphatic rings. The molecule has 0 aliphatic carbocycles. The van der Waals surface area contributed by atoms with E-state index in [-0.39, 0.29) is 11.0 Å². The predicted molar refractivity (Wildman–Crippen MR) is 91.4 cm³/mol. The molecule has 1 aromatic heterocycles. The summed E-state index contributed by atoms with van der Waals surface area (Å²) in [7, 11) is -1.44. The zero-order valence-electron chi connectivity index (χ0n) is 13.5. The molecule has 0 bridgehead atoms. The van der Waals surface area contributed by atoms with Gasteiger partial charge in [-0.25, -0.2) is 18.4 Å². The van der Waals surface area contributed by atoms with E-state index in [1.165, 1.54) is 6.33 Å². The van der Waals surface area contributed by atoms with Crippen LogP contribution in [-0.2, 0) is 9.84 Å². The molecular weight excluding hydrogens is 314 g/mol. The van der Waals surface area contributed by atoms with Gasteiger partial charge in [0.25, 0.3) is 0 Å². The Hall–Kier alpha value is -2.15. The quantitative estimate of drug-likeness (QED) is 0.837. The molecule has 23 heavy (non-hydrogen) atoms. The summed E-state index contributed by atoms with van der Waals surface area (Å²) < 4.78 is 28.7. The van der Waals surface area contributed by atoms with E-state index in [0.717, 1.165) is 17.0 Å². The summed E-state index contributed by atoms with van der Waals surface area (Å²) >= 11 is 0. The summed E-state index contributed by atoms with van der Waals surface area (Å²) in [5.41, 5.74) is 1.70. The zero-order valence-corrected chi connectivity index (χ0v) is 14.3. The molecule has 0 spiro atoms. The van der Waals surface area contributed by atoms with Gasteiger partial charge in [-0.15, -0.1) is 0 Å². The Morgan fingerprint density at radius 3 is 2.48 bits per heavy atom. The van der Waals surface area contributed by atoms with Crippen LogP contribution >= 0.6 is 0 Å². The molecule has 0 atom stereocenters. The van der Waals surface area contributed by atoms with Gasteiger partial charge in [0.05, 0.1) is 23.8 Å². The molecule has 0 fully saturated rings. The average Bonchev–Trinajstić information content (AvgIpc) is 2.55. The van der Waals surface area contributed by atoms with Crippen molar-refractivity contribution >= 4 is 15.7 Å². The second kappa shape index (κ2) is 7.41. The van der Waals surface area contributed by atoms with Gasteiger partial charge >= 0.3 is 0 Å².